The number of benzene rings is 1. The van der Waals surface area contributed by atoms with Gasteiger partial charge in [0.25, 0.3) is 5.91 Å². The summed E-state index contributed by atoms with van der Waals surface area (Å²) in [6, 6.07) is 9.54. The third kappa shape index (κ3) is 3.13. The molecule has 3 aromatic rings. The molecule has 1 amide bonds. The van der Waals surface area contributed by atoms with Crippen LogP contribution in [-0.2, 0) is 4.74 Å². The van der Waals surface area contributed by atoms with Crippen LogP contribution in [0.1, 0.15) is 37.0 Å². The summed E-state index contributed by atoms with van der Waals surface area (Å²) in [5.41, 5.74) is 2.86. The van der Waals surface area contributed by atoms with Crippen molar-refractivity contribution in [3.8, 4) is 11.1 Å². The van der Waals surface area contributed by atoms with Gasteiger partial charge in [0, 0.05) is 10.4 Å². The maximum Gasteiger partial charge on any atom is 0.341 e. The summed E-state index contributed by atoms with van der Waals surface area (Å²) in [6.07, 6.45) is 0. The number of carbonyl (C=O) groups excluding carboxylic acids is 2. The van der Waals surface area contributed by atoms with Gasteiger partial charge in [0.15, 0.2) is 0 Å². The maximum atomic E-state index is 12.7. The number of hydrogen-bond acceptors (Lipinski definition) is 6. The van der Waals surface area contributed by atoms with E-state index in [1.807, 2.05) is 37.3 Å². The van der Waals surface area contributed by atoms with Crippen molar-refractivity contribution in [2.24, 2.45) is 0 Å². The Kier molecular flexibility index (Phi) is 4.90. The molecular formula is C19H18N2O4S. The van der Waals surface area contributed by atoms with E-state index in [4.69, 9.17) is 9.26 Å². The molecule has 26 heavy (non-hydrogen) atoms. The molecule has 0 aliphatic rings. The highest BCUT2D eigenvalue weighted by Crippen LogP contribution is 2.40. The van der Waals surface area contributed by atoms with E-state index in [1.165, 1.54) is 18.4 Å². The average molecular weight is 370 g/mol. The molecule has 0 atom stereocenters. The molecule has 6 nitrogen and oxygen atoms in total. The second kappa shape index (κ2) is 7.13. The van der Waals surface area contributed by atoms with Crippen LogP contribution in [0.25, 0.3) is 11.1 Å². The number of amides is 1. The van der Waals surface area contributed by atoms with Crippen LogP contribution in [0.2, 0.25) is 0 Å². The number of nitrogens with one attached hydrogen (secondary N) is 1. The monoisotopic (exact) mass is 370 g/mol. The molecule has 0 radical (unpaired) electrons. The van der Waals surface area contributed by atoms with Crippen molar-refractivity contribution in [1.29, 1.82) is 0 Å². The smallest absolute Gasteiger partial charge is 0.341 e. The fourth-order valence-corrected chi connectivity index (χ4v) is 3.91. The SMILES string of the molecule is COC(=O)c1c(NC(=O)c2c(C)noc2C)sc(C)c1-c1ccccc1. The minimum absolute atomic E-state index is 0.348. The van der Waals surface area contributed by atoms with Crippen LogP contribution in [-0.4, -0.2) is 24.1 Å². The zero-order chi connectivity index (χ0) is 18.8. The van der Waals surface area contributed by atoms with E-state index < -0.39 is 5.97 Å². The number of aromatic nitrogens is 1. The highest BCUT2D eigenvalue weighted by atomic mass is 32.1. The zero-order valence-electron chi connectivity index (χ0n) is 14.9. The van der Waals surface area contributed by atoms with Crippen molar-refractivity contribution in [3.05, 3.63) is 57.8 Å². The third-order valence-corrected chi connectivity index (χ3v) is 5.04. The van der Waals surface area contributed by atoms with Crippen molar-refractivity contribution >= 4 is 28.2 Å². The molecule has 0 saturated carbocycles. The normalized spacial score (nSPS) is 10.6. The van der Waals surface area contributed by atoms with Gasteiger partial charge in [0.2, 0.25) is 0 Å². The molecule has 3 rings (SSSR count). The van der Waals surface area contributed by atoms with Crippen molar-refractivity contribution < 1.29 is 18.8 Å². The fraction of sp³-hybridized carbons (Fsp3) is 0.211. The molecule has 2 aromatic heterocycles. The van der Waals surface area contributed by atoms with Gasteiger partial charge < -0.3 is 14.6 Å². The molecule has 0 unspecified atom stereocenters. The molecule has 0 aliphatic carbocycles. The summed E-state index contributed by atoms with van der Waals surface area (Å²) >= 11 is 1.33. The van der Waals surface area contributed by atoms with Gasteiger partial charge in [-0.05, 0) is 26.3 Å². The van der Waals surface area contributed by atoms with E-state index in [9.17, 15) is 9.59 Å². The van der Waals surface area contributed by atoms with Crippen molar-refractivity contribution in [2.45, 2.75) is 20.8 Å². The van der Waals surface area contributed by atoms with Gasteiger partial charge in [-0.3, -0.25) is 4.79 Å². The van der Waals surface area contributed by atoms with Crippen LogP contribution in [0.3, 0.4) is 0 Å². The van der Waals surface area contributed by atoms with E-state index in [2.05, 4.69) is 10.5 Å². The topological polar surface area (TPSA) is 81.4 Å². The number of ether oxygens (including phenoxy) is 1. The van der Waals surface area contributed by atoms with E-state index >= 15 is 0 Å². The van der Waals surface area contributed by atoms with Gasteiger partial charge in [-0.1, -0.05) is 35.5 Å². The molecule has 0 fully saturated rings. The number of anilines is 1. The van der Waals surface area contributed by atoms with E-state index in [1.54, 1.807) is 13.8 Å². The lowest BCUT2D eigenvalue weighted by Crippen LogP contribution is -2.15. The maximum absolute atomic E-state index is 12.7. The average Bonchev–Trinajstić information content (AvgIpc) is 3.13. The van der Waals surface area contributed by atoms with Gasteiger partial charge >= 0.3 is 5.97 Å². The Labute approximate surface area is 154 Å². The van der Waals surface area contributed by atoms with Crippen LogP contribution >= 0.6 is 11.3 Å². The second-order valence-electron chi connectivity index (χ2n) is 5.75. The van der Waals surface area contributed by atoms with Crippen LogP contribution < -0.4 is 5.32 Å². The Morgan fingerprint density at radius 2 is 1.81 bits per heavy atom. The van der Waals surface area contributed by atoms with Crippen molar-refractivity contribution in [1.82, 2.24) is 5.16 Å². The molecule has 0 saturated heterocycles. The Balaban J connectivity index is 2.08. The van der Waals surface area contributed by atoms with Crippen molar-refractivity contribution in [3.63, 3.8) is 0 Å². The predicted octanol–water partition coefficient (Wildman–Crippen LogP) is 4.37. The number of rotatable bonds is 4. The van der Waals surface area contributed by atoms with Gasteiger partial charge in [-0.15, -0.1) is 11.3 Å². The summed E-state index contributed by atoms with van der Waals surface area (Å²) < 4.78 is 10.0. The van der Waals surface area contributed by atoms with Gasteiger partial charge in [-0.2, -0.15) is 0 Å². The quantitative estimate of drug-likeness (QED) is 0.690. The largest absolute Gasteiger partial charge is 0.465 e. The fourth-order valence-electron chi connectivity index (χ4n) is 2.85. The first-order valence-corrected chi connectivity index (χ1v) is 8.77. The van der Waals surface area contributed by atoms with Crippen LogP contribution in [0, 0.1) is 20.8 Å². The lowest BCUT2D eigenvalue weighted by molar-refractivity contribution is 0.0603. The number of aryl methyl sites for hydroxylation is 3. The summed E-state index contributed by atoms with van der Waals surface area (Å²) in [6.45, 7) is 5.28. The molecule has 0 aliphatic heterocycles. The highest BCUT2D eigenvalue weighted by Gasteiger charge is 2.26. The highest BCUT2D eigenvalue weighted by molar-refractivity contribution is 7.17. The van der Waals surface area contributed by atoms with Gasteiger partial charge in [0.1, 0.15) is 21.9 Å². The summed E-state index contributed by atoms with van der Waals surface area (Å²) in [4.78, 5) is 26.0. The summed E-state index contributed by atoms with van der Waals surface area (Å²) in [7, 11) is 1.32. The first-order chi connectivity index (χ1) is 12.4. The number of methoxy groups -OCH3 is 1. The first kappa shape index (κ1) is 17.9. The second-order valence-corrected chi connectivity index (χ2v) is 6.97. The van der Waals surface area contributed by atoms with Gasteiger partial charge in [-0.25, -0.2) is 4.79 Å². The standard InChI is InChI=1S/C19H18N2O4S/c1-10-14(11(2)25-21-10)17(22)20-18-16(19(23)24-4)15(12(3)26-18)13-8-6-5-7-9-13/h5-9H,1-4H3,(H,20,22). The molecule has 0 spiro atoms. The summed E-state index contributed by atoms with van der Waals surface area (Å²) in [5.74, 6) is -0.439. The van der Waals surface area contributed by atoms with Gasteiger partial charge in [0.05, 0.1) is 12.8 Å². The Bertz CT molecular complexity index is 954. The molecular weight excluding hydrogens is 352 g/mol. The number of nitrogens with zero attached hydrogens (tertiary/aromatic N) is 1. The number of thiophene rings is 1. The Morgan fingerprint density at radius 1 is 1.12 bits per heavy atom. The number of hydrogen-bond donors (Lipinski definition) is 1. The van der Waals surface area contributed by atoms with Crippen LogP contribution in [0.4, 0.5) is 5.00 Å². The molecule has 2 heterocycles. The molecule has 134 valence electrons. The zero-order valence-corrected chi connectivity index (χ0v) is 15.7. The lowest BCUT2D eigenvalue weighted by atomic mass is 10.0. The molecule has 7 heteroatoms. The molecule has 0 bridgehead atoms. The Morgan fingerprint density at radius 3 is 2.38 bits per heavy atom. The molecule has 1 N–H and O–H groups in total. The minimum atomic E-state index is -0.498. The van der Waals surface area contributed by atoms with Crippen LogP contribution in [0.15, 0.2) is 34.9 Å². The lowest BCUT2D eigenvalue weighted by Gasteiger charge is -2.08. The predicted molar refractivity (Wildman–Crippen MR) is 99.8 cm³/mol. The summed E-state index contributed by atoms with van der Waals surface area (Å²) in [5, 5.41) is 7.06. The number of carbonyl (C=O) groups is 2. The van der Waals surface area contributed by atoms with Crippen LogP contribution in [0.5, 0.6) is 0 Å². The minimum Gasteiger partial charge on any atom is -0.465 e. The van der Waals surface area contributed by atoms with E-state index in [0.717, 1.165) is 16.0 Å². The third-order valence-electron chi connectivity index (χ3n) is 4.02. The van der Waals surface area contributed by atoms with Crippen molar-refractivity contribution in [2.75, 3.05) is 12.4 Å². The van der Waals surface area contributed by atoms with E-state index in [0.29, 0.717) is 27.6 Å². The molecule has 1 aromatic carbocycles. The van der Waals surface area contributed by atoms with E-state index in [-0.39, 0.29) is 5.91 Å². The first-order valence-electron chi connectivity index (χ1n) is 7.95. The Hall–Kier alpha value is -2.93. The number of esters is 1.